The van der Waals surface area contributed by atoms with E-state index in [9.17, 15) is 18.8 Å². The zero-order valence-corrected chi connectivity index (χ0v) is 10.7. The van der Waals surface area contributed by atoms with Crippen LogP contribution in [0.25, 0.3) is 0 Å². The first-order chi connectivity index (χ1) is 10.1. The summed E-state index contributed by atoms with van der Waals surface area (Å²) in [5.41, 5.74) is 2.67. The van der Waals surface area contributed by atoms with Crippen LogP contribution >= 0.6 is 0 Å². The third-order valence-electron chi connectivity index (χ3n) is 3.09. The molecule has 0 atom stereocenters. The van der Waals surface area contributed by atoms with Crippen molar-refractivity contribution in [1.82, 2.24) is 10.4 Å². The number of imide groups is 1. The molecule has 5 nitrogen and oxygen atoms in total. The minimum Gasteiger partial charge on any atom is -0.267 e. The molecule has 1 aliphatic rings. The number of fused-ring (bicyclic) bond motifs is 1. The Labute approximate surface area is 119 Å². The van der Waals surface area contributed by atoms with E-state index in [0.29, 0.717) is 5.01 Å². The molecule has 1 heterocycles. The van der Waals surface area contributed by atoms with Gasteiger partial charge in [0.05, 0.1) is 11.1 Å². The Morgan fingerprint density at radius 3 is 2.14 bits per heavy atom. The van der Waals surface area contributed by atoms with Crippen LogP contribution in [0.3, 0.4) is 0 Å². The lowest BCUT2D eigenvalue weighted by Gasteiger charge is -2.14. The van der Waals surface area contributed by atoms with Gasteiger partial charge >= 0.3 is 0 Å². The van der Waals surface area contributed by atoms with E-state index in [2.05, 4.69) is 5.43 Å². The van der Waals surface area contributed by atoms with Gasteiger partial charge in [-0.15, -0.1) is 0 Å². The van der Waals surface area contributed by atoms with Crippen LogP contribution in [0.4, 0.5) is 4.39 Å². The molecule has 21 heavy (non-hydrogen) atoms. The molecule has 0 unspecified atom stereocenters. The van der Waals surface area contributed by atoms with E-state index in [1.165, 1.54) is 30.3 Å². The highest BCUT2D eigenvalue weighted by Gasteiger charge is 2.36. The quantitative estimate of drug-likeness (QED) is 0.855. The van der Waals surface area contributed by atoms with Gasteiger partial charge in [0.15, 0.2) is 0 Å². The van der Waals surface area contributed by atoms with E-state index in [4.69, 9.17) is 0 Å². The number of hydrogen-bond donors (Lipinski definition) is 1. The van der Waals surface area contributed by atoms with E-state index >= 15 is 0 Å². The summed E-state index contributed by atoms with van der Waals surface area (Å²) >= 11 is 0. The summed E-state index contributed by atoms with van der Waals surface area (Å²) in [5.74, 6) is -2.53. The minimum absolute atomic E-state index is 0.0200. The first-order valence-corrected chi connectivity index (χ1v) is 6.12. The molecule has 0 bridgehead atoms. The first kappa shape index (κ1) is 13.0. The van der Waals surface area contributed by atoms with E-state index in [1.807, 2.05) is 0 Å². The minimum atomic E-state index is -0.732. The Morgan fingerprint density at radius 2 is 1.57 bits per heavy atom. The molecular weight excluding hydrogens is 275 g/mol. The maximum Gasteiger partial charge on any atom is 0.280 e. The molecule has 0 aromatic heterocycles. The zero-order valence-electron chi connectivity index (χ0n) is 10.7. The lowest BCUT2D eigenvalue weighted by molar-refractivity contribution is 0.0518. The number of nitrogens with zero attached hydrogens (tertiary/aromatic N) is 1. The second-order valence-electron chi connectivity index (χ2n) is 4.44. The van der Waals surface area contributed by atoms with Crippen LogP contribution in [-0.4, -0.2) is 22.7 Å². The van der Waals surface area contributed by atoms with Crippen LogP contribution in [0, 0.1) is 5.82 Å². The average molecular weight is 284 g/mol. The normalized spacial score (nSPS) is 13.3. The Hall–Kier alpha value is -3.02. The van der Waals surface area contributed by atoms with Crippen LogP contribution in [0.5, 0.6) is 0 Å². The summed E-state index contributed by atoms with van der Waals surface area (Å²) < 4.78 is 13.1. The number of benzene rings is 2. The summed E-state index contributed by atoms with van der Waals surface area (Å²) in [7, 11) is 0. The Bertz CT molecular complexity index is 738. The van der Waals surface area contributed by atoms with Crippen molar-refractivity contribution in [2.45, 2.75) is 0 Å². The van der Waals surface area contributed by atoms with Gasteiger partial charge in [0.1, 0.15) is 5.82 Å². The number of carbonyl (C=O) groups excluding carboxylic acids is 3. The summed E-state index contributed by atoms with van der Waals surface area (Å²) in [5, 5.41) is 0.637. The van der Waals surface area contributed by atoms with Crippen molar-refractivity contribution in [3.05, 3.63) is 71.0 Å². The van der Waals surface area contributed by atoms with Crippen molar-refractivity contribution in [3.8, 4) is 0 Å². The monoisotopic (exact) mass is 284 g/mol. The molecule has 0 aliphatic carbocycles. The number of hydrogen-bond acceptors (Lipinski definition) is 3. The van der Waals surface area contributed by atoms with Gasteiger partial charge in [0, 0.05) is 5.56 Å². The molecule has 0 radical (unpaired) electrons. The van der Waals surface area contributed by atoms with Crippen molar-refractivity contribution in [2.75, 3.05) is 0 Å². The molecule has 3 rings (SSSR count). The first-order valence-electron chi connectivity index (χ1n) is 6.12. The lowest BCUT2D eigenvalue weighted by atomic mass is 10.1. The summed E-state index contributed by atoms with van der Waals surface area (Å²) in [6.45, 7) is 0. The number of halogens is 1. The smallest absolute Gasteiger partial charge is 0.267 e. The van der Waals surface area contributed by atoms with Crippen molar-refractivity contribution in [1.29, 1.82) is 0 Å². The van der Waals surface area contributed by atoms with Crippen LogP contribution in [-0.2, 0) is 0 Å². The summed E-state index contributed by atoms with van der Waals surface area (Å²) in [6, 6.07) is 11.2. The summed E-state index contributed by atoms with van der Waals surface area (Å²) in [6.07, 6.45) is 0. The second-order valence-corrected chi connectivity index (χ2v) is 4.44. The Kier molecular flexibility index (Phi) is 2.98. The van der Waals surface area contributed by atoms with Crippen molar-refractivity contribution in [2.24, 2.45) is 0 Å². The number of hydrazine groups is 1. The molecule has 1 N–H and O–H groups in total. The number of amides is 3. The second kappa shape index (κ2) is 4.82. The van der Waals surface area contributed by atoms with Gasteiger partial charge in [-0.05, 0) is 30.3 Å². The largest absolute Gasteiger partial charge is 0.280 e. The predicted octanol–water partition coefficient (Wildman–Crippen LogP) is 1.77. The maximum atomic E-state index is 13.1. The molecule has 2 aromatic rings. The third kappa shape index (κ3) is 2.16. The Balaban J connectivity index is 1.85. The molecule has 0 spiro atoms. The molecule has 104 valence electrons. The fourth-order valence-electron chi connectivity index (χ4n) is 2.09. The predicted molar refractivity (Wildman–Crippen MR) is 70.8 cm³/mol. The van der Waals surface area contributed by atoms with Gasteiger partial charge in [-0.1, -0.05) is 18.2 Å². The zero-order chi connectivity index (χ0) is 15.0. The molecule has 3 amide bonds. The number of nitrogens with one attached hydrogen (secondary N) is 1. The lowest BCUT2D eigenvalue weighted by Crippen LogP contribution is -2.45. The SMILES string of the molecule is O=C(NN1C(=O)c2ccccc2C1=O)c1cccc(F)c1. The van der Waals surface area contributed by atoms with Gasteiger partial charge < -0.3 is 0 Å². The fraction of sp³-hybridized carbons (Fsp3) is 0. The molecule has 6 heteroatoms. The van der Waals surface area contributed by atoms with Crippen LogP contribution in [0.2, 0.25) is 0 Å². The Morgan fingerprint density at radius 1 is 0.952 bits per heavy atom. The van der Waals surface area contributed by atoms with Crippen LogP contribution in [0.15, 0.2) is 48.5 Å². The highest BCUT2D eigenvalue weighted by molar-refractivity contribution is 6.22. The van der Waals surface area contributed by atoms with Gasteiger partial charge in [0.25, 0.3) is 17.7 Å². The molecule has 2 aromatic carbocycles. The van der Waals surface area contributed by atoms with Crippen molar-refractivity contribution in [3.63, 3.8) is 0 Å². The highest BCUT2D eigenvalue weighted by atomic mass is 19.1. The van der Waals surface area contributed by atoms with Gasteiger partial charge in [-0.25, -0.2) is 4.39 Å². The summed E-state index contributed by atoms with van der Waals surface area (Å²) in [4.78, 5) is 36.1. The topological polar surface area (TPSA) is 66.5 Å². The molecule has 0 saturated heterocycles. The van der Waals surface area contributed by atoms with E-state index in [1.54, 1.807) is 12.1 Å². The fourth-order valence-corrected chi connectivity index (χ4v) is 2.09. The van der Waals surface area contributed by atoms with Crippen molar-refractivity contribution >= 4 is 17.7 Å². The maximum absolute atomic E-state index is 13.1. The van der Waals surface area contributed by atoms with Gasteiger partial charge in [0.2, 0.25) is 0 Å². The van der Waals surface area contributed by atoms with Crippen molar-refractivity contribution < 1.29 is 18.8 Å². The third-order valence-corrected chi connectivity index (χ3v) is 3.09. The average Bonchev–Trinajstić information content (AvgIpc) is 2.73. The van der Waals surface area contributed by atoms with Crippen LogP contribution in [0.1, 0.15) is 31.1 Å². The van der Waals surface area contributed by atoms with E-state index < -0.39 is 23.5 Å². The van der Waals surface area contributed by atoms with E-state index in [-0.39, 0.29) is 16.7 Å². The molecule has 1 aliphatic heterocycles. The molecule has 0 saturated carbocycles. The number of rotatable bonds is 2. The standard InChI is InChI=1S/C15H9FN2O3/c16-10-5-3-4-9(8-10)13(19)17-18-14(20)11-6-1-2-7-12(11)15(18)21/h1-8H,(H,17,19). The molecule has 0 fully saturated rings. The molecular formula is C15H9FN2O3. The highest BCUT2D eigenvalue weighted by Crippen LogP contribution is 2.20. The van der Waals surface area contributed by atoms with Gasteiger partial charge in [-0.3, -0.25) is 19.8 Å². The van der Waals surface area contributed by atoms with E-state index in [0.717, 1.165) is 6.07 Å². The van der Waals surface area contributed by atoms with Gasteiger partial charge in [-0.2, -0.15) is 5.01 Å². The number of carbonyl (C=O) groups is 3. The van der Waals surface area contributed by atoms with Crippen LogP contribution < -0.4 is 5.43 Å².